The Hall–Kier alpha value is -4.27. The lowest BCUT2D eigenvalue weighted by Crippen LogP contribution is -2.24. The van der Waals surface area contributed by atoms with Gasteiger partial charge in [0.1, 0.15) is 16.9 Å². The van der Waals surface area contributed by atoms with Crippen molar-refractivity contribution in [2.24, 2.45) is 0 Å². The summed E-state index contributed by atoms with van der Waals surface area (Å²) < 4.78 is 3.53. The topological polar surface area (TPSA) is 110 Å². The van der Waals surface area contributed by atoms with Crippen molar-refractivity contribution in [3.63, 3.8) is 0 Å². The van der Waals surface area contributed by atoms with Crippen molar-refractivity contribution in [2.45, 2.75) is 19.4 Å². The standard InChI is InChI=1S/C22H19N7O2/c30-20(23-12-15-14-28-11-5-4-8-19(28)25-15)10-9-18-26-21-17(22(31)27-18)13-24-29(21)16-6-2-1-3-7-16/h1-8,11,13-14H,9-10,12H2,(H,23,30)(H,26,27,31). The Morgan fingerprint density at radius 3 is 2.74 bits per heavy atom. The van der Waals surface area contributed by atoms with E-state index in [0.717, 1.165) is 17.0 Å². The summed E-state index contributed by atoms with van der Waals surface area (Å²) in [7, 11) is 0. The predicted molar refractivity (Wildman–Crippen MR) is 115 cm³/mol. The molecule has 5 aromatic rings. The molecule has 9 nitrogen and oxygen atoms in total. The summed E-state index contributed by atoms with van der Waals surface area (Å²) in [5.41, 5.74) is 2.62. The second-order valence-electron chi connectivity index (χ2n) is 7.12. The summed E-state index contributed by atoms with van der Waals surface area (Å²) in [6, 6.07) is 15.2. The Bertz CT molecular complexity index is 1400. The van der Waals surface area contributed by atoms with Gasteiger partial charge in [-0.1, -0.05) is 24.3 Å². The summed E-state index contributed by atoms with van der Waals surface area (Å²) in [5, 5.41) is 7.56. The fourth-order valence-corrected chi connectivity index (χ4v) is 3.42. The normalized spacial score (nSPS) is 11.2. The molecule has 0 aliphatic rings. The average molecular weight is 413 g/mol. The minimum Gasteiger partial charge on any atom is -0.350 e. The number of aromatic amines is 1. The van der Waals surface area contributed by atoms with Gasteiger partial charge < -0.3 is 14.7 Å². The number of carbonyl (C=O) groups excluding carboxylic acids is 1. The van der Waals surface area contributed by atoms with Crippen LogP contribution in [-0.4, -0.2) is 35.0 Å². The highest BCUT2D eigenvalue weighted by Gasteiger charge is 2.12. The summed E-state index contributed by atoms with van der Waals surface area (Å²) in [6.07, 6.45) is 5.79. The lowest BCUT2D eigenvalue weighted by molar-refractivity contribution is -0.121. The Morgan fingerprint density at radius 1 is 1.06 bits per heavy atom. The zero-order chi connectivity index (χ0) is 21.2. The second kappa shape index (κ2) is 7.86. The van der Waals surface area contributed by atoms with Gasteiger partial charge in [-0.25, -0.2) is 14.6 Å². The lowest BCUT2D eigenvalue weighted by atomic mass is 10.2. The highest BCUT2D eigenvalue weighted by atomic mass is 16.1. The number of rotatable bonds is 6. The Kier molecular flexibility index (Phi) is 4.75. The maximum atomic E-state index is 12.4. The van der Waals surface area contributed by atoms with Gasteiger partial charge in [-0.05, 0) is 24.3 Å². The van der Waals surface area contributed by atoms with Crippen LogP contribution in [0.3, 0.4) is 0 Å². The first-order valence-electron chi connectivity index (χ1n) is 9.89. The van der Waals surface area contributed by atoms with E-state index in [-0.39, 0.29) is 17.9 Å². The van der Waals surface area contributed by atoms with Crippen LogP contribution in [-0.2, 0) is 17.8 Å². The molecule has 4 heterocycles. The third-order valence-corrected chi connectivity index (χ3v) is 4.96. The molecule has 0 saturated heterocycles. The van der Waals surface area contributed by atoms with Crippen molar-refractivity contribution in [3.8, 4) is 5.69 Å². The molecule has 31 heavy (non-hydrogen) atoms. The number of H-pyrrole nitrogens is 1. The lowest BCUT2D eigenvalue weighted by Gasteiger charge is -2.05. The van der Waals surface area contributed by atoms with Crippen molar-refractivity contribution in [2.75, 3.05) is 0 Å². The number of benzene rings is 1. The van der Waals surface area contributed by atoms with Gasteiger partial charge >= 0.3 is 0 Å². The number of nitrogens with zero attached hydrogens (tertiary/aromatic N) is 5. The van der Waals surface area contributed by atoms with Crippen molar-refractivity contribution in [1.29, 1.82) is 0 Å². The minimum atomic E-state index is -0.271. The van der Waals surface area contributed by atoms with E-state index in [0.29, 0.717) is 29.8 Å². The number of nitrogens with one attached hydrogen (secondary N) is 2. The molecule has 5 rings (SSSR count). The maximum Gasteiger partial charge on any atom is 0.262 e. The van der Waals surface area contributed by atoms with Crippen molar-refractivity contribution in [1.82, 2.24) is 34.4 Å². The van der Waals surface area contributed by atoms with E-state index in [4.69, 9.17) is 0 Å². The first-order chi connectivity index (χ1) is 15.2. The molecule has 0 unspecified atom stereocenters. The van der Waals surface area contributed by atoms with Crippen LogP contribution < -0.4 is 10.9 Å². The SMILES string of the molecule is O=C(CCc1nc2c(cnn2-c2ccccc2)c(=O)[nH]1)NCc1cn2ccccc2n1. The zero-order valence-corrected chi connectivity index (χ0v) is 16.5. The van der Waals surface area contributed by atoms with E-state index in [1.54, 1.807) is 4.68 Å². The van der Waals surface area contributed by atoms with E-state index < -0.39 is 0 Å². The quantitative estimate of drug-likeness (QED) is 0.442. The van der Waals surface area contributed by atoms with Crippen LogP contribution in [0, 0.1) is 0 Å². The number of imidazole rings is 1. The number of aromatic nitrogens is 6. The molecular formula is C22H19N7O2. The largest absolute Gasteiger partial charge is 0.350 e. The minimum absolute atomic E-state index is 0.142. The van der Waals surface area contributed by atoms with Gasteiger partial charge in [-0.15, -0.1) is 0 Å². The summed E-state index contributed by atoms with van der Waals surface area (Å²) in [5.74, 6) is 0.300. The average Bonchev–Trinajstić information content (AvgIpc) is 3.41. The van der Waals surface area contributed by atoms with E-state index in [1.165, 1.54) is 6.20 Å². The number of amides is 1. The highest BCUT2D eigenvalue weighted by Crippen LogP contribution is 2.13. The maximum absolute atomic E-state index is 12.4. The number of carbonyl (C=O) groups is 1. The molecule has 0 atom stereocenters. The number of hydrogen-bond donors (Lipinski definition) is 2. The fourth-order valence-electron chi connectivity index (χ4n) is 3.42. The molecule has 0 spiro atoms. The number of hydrogen-bond acceptors (Lipinski definition) is 5. The molecule has 9 heteroatoms. The van der Waals surface area contributed by atoms with E-state index in [9.17, 15) is 9.59 Å². The van der Waals surface area contributed by atoms with Crippen LogP contribution in [0.1, 0.15) is 17.9 Å². The third-order valence-electron chi connectivity index (χ3n) is 4.96. The van der Waals surface area contributed by atoms with Gasteiger partial charge in [0, 0.05) is 25.2 Å². The van der Waals surface area contributed by atoms with E-state index >= 15 is 0 Å². The second-order valence-corrected chi connectivity index (χ2v) is 7.12. The van der Waals surface area contributed by atoms with Crippen molar-refractivity contribution >= 4 is 22.6 Å². The van der Waals surface area contributed by atoms with Gasteiger partial charge in [-0.3, -0.25) is 9.59 Å². The van der Waals surface area contributed by atoms with Crippen LogP contribution >= 0.6 is 0 Å². The number of pyridine rings is 1. The van der Waals surface area contributed by atoms with Crippen LogP contribution in [0.5, 0.6) is 0 Å². The van der Waals surface area contributed by atoms with Gasteiger partial charge in [0.05, 0.1) is 24.1 Å². The molecule has 0 fully saturated rings. The Morgan fingerprint density at radius 2 is 1.90 bits per heavy atom. The molecule has 0 saturated carbocycles. The molecule has 0 radical (unpaired) electrons. The highest BCUT2D eigenvalue weighted by molar-refractivity contribution is 5.77. The molecule has 154 valence electrons. The fraction of sp³-hybridized carbons (Fsp3) is 0.136. The van der Waals surface area contributed by atoms with Crippen molar-refractivity contribution in [3.05, 3.63) is 89.0 Å². The molecule has 0 aliphatic carbocycles. The summed E-state index contributed by atoms with van der Waals surface area (Å²) >= 11 is 0. The smallest absolute Gasteiger partial charge is 0.262 e. The van der Waals surface area contributed by atoms with Crippen LogP contribution in [0.4, 0.5) is 0 Å². The van der Waals surface area contributed by atoms with Gasteiger partial charge in [0.25, 0.3) is 5.56 Å². The molecule has 1 aromatic carbocycles. The van der Waals surface area contributed by atoms with Crippen LogP contribution in [0.15, 0.2) is 71.9 Å². The zero-order valence-electron chi connectivity index (χ0n) is 16.5. The Labute approximate surface area is 176 Å². The van der Waals surface area contributed by atoms with E-state index in [1.807, 2.05) is 65.3 Å². The van der Waals surface area contributed by atoms with Gasteiger partial charge in [0.2, 0.25) is 5.91 Å². The molecule has 0 aliphatic heterocycles. The van der Waals surface area contributed by atoms with Crippen LogP contribution in [0.2, 0.25) is 0 Å². The first kappa shape index (κ1) is 18.7. The molecule has 1 amide bonds. The molecular weight excluding hydrogens is 394 g/mol. The first-order valence-corrected chi connectivity index (χ1v) is 9.89. The van der Waals surface area contributed by atoms with Gasteiger partial charge in [0.15, 0.2) is 5.65 Å². The summed E-state index contributed by atoms with van der Waals surface area (Å²) in [4.78, 5) is 36.5. The third kappa shape index (κ3) is 3.80. The number of para-hydroxylation sites is 1. The molecule has 4 aromatic heterocycles. The number of aryl methyl sites for hydroxylation is 1. The monoisotopic (exact) mass is 413 g/mol. The molecule has 0 bridgehead atoms. The van der Waals surface area contributed by atoms with Gasteiger partial charge in [-0.2, -0.15) is 5.10 Å². The number of fused-ring (bicyclic) bond motifs is 2. The van der Waals surface area contributed by atoms with E-state index in [2.05, 4.69) is 25.4 Å². The Balaban J connectivity index is 1.28. The van der Waals surface area contributed by atoms with Crippen LogP contribution in [0.25, 0.3) is 22.4 Å². The van der Waals surface area contributed by atoms with Crippen molar-refractivity contribution < 1.29 is 4.79 Å². The molecule has 2 N–H and O–H groups in total. The predicted octanol–water partition coefficient (Wildman–Crippen LogP) is 2.01. The summed E-state index contributed by atoms with van der Waals surface area (Å²) in [6.45, 7) is 0.338.